The van der Waals surface area contributed by atoms with Gasteiger partial charge >= 0.3 is 0 Å². The van der Waals surface area contributed by atoms with Gasteiger partial charge in [0, 0.05) is 31.8 Å². The summed E-state index contributed by atoms with van der Waals surface area (Å²) in [6, 6.07) is 0.616. The van der Waals surface area contributed by atoms with Crippen molar-refractivity contribution in [2.45, 2.75) is 62.3 Å². The minimum Gasteiger partial charge on any atom is -0.381 e. The molecule has 5 nitrogen and oxygen atoms in total. The minimum atomic E-state index is -3.15. The van der Waals surface area contributed by atoms with Gasteiger partial charge in [-0.1, -0.05) is 6.42 Å². The van der Waals surface area contributed by atoms with Crippen molar-refractivity contribution in [2.24, 2.45) is 0 Å². The molecule has 116 valence electrons. The molecule has 2 heterocycles. The predicted molar refractivity (Wildman–Crippen MR) is 78.1 cm³/mol. The van der Waals surface area contributed by atoms with Gasteiger partial charge in [-0.3, -0.25) is 0 Å². The van der Waals surface area contributed by atoms with Crippen molar-refractivity contribution in [1.29, 1.82) is 0 Å². The summed E-state index contributed by atoms with van der Waals surface area (Å²) >= 11 is 0. The Hall–Kier alpha value is -0.170. The lowest BCUT2D eigenvalue weighted by Crippen LogP contribution is -2.49. The fraction of sp³-hybridized carbons (Fsp3) is 1.00. The molecule has 6 heteroatoms. The molecule has 3 aliphatic rings. The van der Waals surface area contributed by atoms with E-state index in [0.29, 0.717) is 38.6 Å². The van der Waals surface area contributed by atoms with E-state index in [4.69, 9.17) is 4.74 Å². The topological polar surface area (TPSA) is 58.6 Å². The Bertz CT molecular complexity index is 410. The minimum absolute atomic E-state index is 0.222. The van der Waals surface area contributed by atoms with Gasteiger partial charge in [-0.2, -0.15) is 4.31 Å². The molecule has 1 unspecified atom stereocenters. The van der Waals surface area contributed by atoms with Crippen LogP contribution in [-0.2, 0) is 14.8 Å². The summed E-state index contributed by atoms with van der Waals surface area (Å²) in [5.41, 5.74) is 0. The van der Waals surface area contributed by atoms with E-state index in [9.17, 15) is 8.42 Å². The molecule has 2 aliphatic heterocycles. The van der Waals surface area contributed by atoms with Crippen LogP contribution in [-0.4, -0.2) is 56.4 Å². The van der Waals surface area contributed by atoms with Gasteiger partial charge in [-0.15, -0.1) is 0 Å². The molecular weight excluding hydrogens is 276 g/mol. The normalized spacial score (nSPS) is 29.8. The molecule has 20 heavy (non-hydrogen) atoms. The second-order valence-corrected chi connectivity index (χ2v) is 8.47. The summed E-state index contributed by atoms with van der Waals surface area (Å²) in [5, 5.41) is 3.25. The predicted octanol–water partition coefficient (Wildman–Crippen LogP) is 1.10. The third-order valence-corrected chi connectivity index (χ3v) is 7.10. The first-order valence-corrected chi connectivity index (χ1v) is 9.50. The summed E-state index contributed by atoms with van der Waals surface area (Å²) in [4.78, 5) is 0. The third kappa shape index (κ3) is 3.35. The van der Waals surface area contributed by atoms with Gasteiger partial charge in [0.1, 0.15) is 0 Å². The van der Waals surface area contributed by atoms with Crippen molar-refractivity contribution in [3.8, 4) is 0 Å². The number of ether oxygens (including phenoxy) is 1. The molecule has 0 spiro atoms. The fourth-order valence-electron chi connectivity index (χ4n) is 3.29. The molecule has 3 fully saturated rings. The lowest BCUT2D eigenvalue weighted by Gasteiger charge is -2.33. The summed E-state index contributed by atoms with van der Waals surface area (Å²) in [6.07, 6.45) is 6.92. The Kier molecular flexibility index (Phi) is 4.65. The third-order valence-electron chi connectivity index (χ3n) is 4.68. The summed E-state index contributed by atoms with van der Waals surface area (Å²) in [7, 11) is -3.15. The van der Waals surface area contributed by atoms with E-state index in [1.165, 1.54) is 12.8 Å². The zero-order valence-corrected chi connectivity index (χ0v) is 12.9. The summed E-state index contributed by atoms with van der Waals surface area (Å²) in [5.74, 6) is 0. The van der Waals surface area contributed by atoms with Gasteiger partial charge in [-0.25, -0.2) is 8.42 Å². The van der Waals surface area contributed by atoms with Gasteiger partial charge in [0.25, 0.3) is 0 Å². The Balaban J connectivity index is 1.68. The number of sulfonamides is 1. The quantitative estimate of drug-likeness (QED) is 0.826. The monoisotopic (exact) mass is 302 g/mol. The van der Waals surface area contributed by atoms with Crippen LogP contribution in [0.15, 0.2) is 0 Å². The van der Waals surface area contributed by atoms with E-state index in [-0.39, 0.29) is 11.3 Å². The molecule has 1 saturated carbocycles. The van der Waals surface area contributed by atoms with Crippen LogP contribution in [0.5, 0.6) is 0 Å². The molecule has 3 rings (SSSR count). The molecular formula is C14H26N2O3S. The van der Waals surface area contributed by atoms with Crippen LogP contribution in [0.3, 0.4) is 0 Å². The molecule has 0 bridgehead atoms. The van der Waals surface area contributed by atoms with Gasteiger partial charge in [-0.05, 0) is 45.1 Å². The van der Waals surface area contributed by atoms with E-state index < -0.39 is 10.0 Å². The van der Waals surface area contributed by atoms with Crippen LogP contribution in [0.4, 0.5) is 0 Å². The molecule has 2 saturated heterocycles. The highest BCUT2D eigenvalue weighted by Gasteiger charge is 2.42. The highest BCUT2D eigenvalue weighted by molar-refractivity contribution is 7.89. The number of nitrogens with one attached hydrogen (secondary N) is 1. The van der Waals surface area contributed by atoms with Crippen LogP contribution < -0.4 is 5.32 Å². The molecule has 1 N–H and O–H groups in total. The molecule has 0 amide bonds. The zero-order chi connectivity index (χ0) is 14.0. The first-order chi connectivity index (χ1) is 9.68. The van der Waals surface area contributed by atoms with Crippen molar-refractivity contribution in [1.82, 2.24) is 9.62 Å². The molecule has 0 aromatic rings. The van der Waals surface area contributed by atoms with Crippen molar-refractivity contribution in [2.75, 3.05) is 26.3 Å². The number of rotatable bonds is 5. The van der Waals surface area contributed by atoms with E-state index in [0.717, 1.165) is 25.8 Å². The number of piperidine rings is 1. The fourth-order valence-corrected chi connectivity index (χ4v) is 5.47. The molecule has 1 aliphatic carbocycles. The van der Waals surface area contributed by atoms with Crippen molar-refractivity contribution >= 4 is 10.0 Å². The Labute approximate surface area is 122 Å². The van der Waals surface area contributed by atoms with Gasteiger partial charge in [0.2, 0.25) is 10.0 Å². The van der Waals surface area contributed by atoms with E-state index >= 15 is 0 Å². The lowest BCUT2D eigenvalue weighted by atomic mass is 10.1. The Morgan fingerprint density at radius 3 is 2.40 bits per heavy atom. The maximum Gasteiger partial charge on any atom is 0.217 e. The van der Waals surface area contributed by atoms with Gasteiger partial charge < -0.3 is 10.1 Å². The zero-order valence-electron chi connectivity index (χ0n) is 12.1. The average Bonchev–Trinajstić information content (AvgIpc) is 3.31. The maximum absolute atomic E-state index is 12.9. The smallest absolute Gasteiger partial charge is 0.217 e. The highest BCUT2D eigenvalue weighted by atomic mass is 32.2. The Morgan fingerprint density at radius 1 is 1.05 bits per heavy atom. The van der Waals surface area contributed by atoms with E-state index in [1.807, 2.05) is 4.31 Å². The average molecular weight is 302 g/mol. The standard InChI is InChI=1S/C14H26N2O3S/c17-20(18,14-6-9-19-10-7-14)16(13-4-5-13)11-12-3-1-2-8-15-12/h12-15H,1-11H2. The SMILES string of the molecule is O=S(=O)(C1CCOCC1)N(CC1CCCCN1)C1CC1. The largest absolute Gasteiger partial charge is 0.381 e. The summed E-state index contributed by atoms with van der Waals surface area (Å²) < 4.78 is 32.9. The van der Waals surface area contributed by atoms with Crippen molar-refractivity contribution in [3.05, 3.63) is 0 Å². The lowest BCUT2D eigenvalue weighted by molar-refractivity contribution is 0.0969. The molecule has 0 radical (unpaired) electrons. The number of hydrogen-bond donors (Lipinski definition) is 1. The van der Waals surface area contributed by atoms with Crippen LogP contribution in [0.1, 0.15) is 44.9 Å². The molecule has 0 aromatic carbocycles. The van der Waals surface area contributed by atoms with Crippen LogP contribution >= 0.6 is 0 Å². The number of hydrogen-bond acceptors (Lipinski definition) is 4. The first kappa shape index (κ1) is 14.8. The Morgan fingerprint density at radius 2 is 1.80 bits per heavy atom. The second kappa shape index (κ2) is 6.30. The first-order valence-electron chi connectivity index (χ1n) is 8.00. The summed E-state index contributed by atoms with van der Waals surface area (Å²) in [6.45, 7) is 2.87. The second-order valence-electron chi connectivity index (χ2n) is 6.30. The van der Waals surface area contributed by atoms with E-state index in [2.05, 4.69) is 5.32 Å². The van der Waals surface area contributed by atoms with Crippen LogP contribution in [0.2, 0.25) is 0 Å². The molecule has 0 aromatic heterocycles. The maximum atomic E-state index is 12.9. The van der Waals surface area contributed by atoms with Crippen LogP contribution in [0, 0.1) is 0 Å². The van der Waals surface area contributed by atoms with Crippen molar-refractivity contribution in [3.63, 3.8) is 0 Å². The van der Waals surface area contributed by atoms with Gasteiger partial charge in [0.05, 0.1) is 5.25 Å². The van der Waals surface area contributed by atoms with Gasteiger partial charge in [0.15, 0.2) is 0 Å². The van der Waals surface area contributed by atoms with Crippen LogP contribution in [0.25, 0.3) is 0 Å². The van der Waals surface area contributed by atoms with Crippen molar-refractivity contribution < 1.29 is 13.2 Å². The number of nitrogens with zero attached hydrogens (tertiary/aromatic N) is 1. The highest BCUT2D eigenvalue weighted by Crippen LogP contribution is 2.33. The van der Waals surface area contributed by atoms with E-state index in [1.54, 1.807) is 0 Å². The molecule has 1 atom stereocenters.